The standard InChI is InChI=1S/C30H28N4/c1-34(25-16-9-4-10-17-25)21-11-20-31-22-28-32-29-26(23-12-5-2-6-13-23)18-19-27(30(29)33-28)24-14-7-3-8-15-24/h2-10,12-19,22H,11,20-21H2,1H3,(H,32,33). The summed E-state index contributed by atoms with van der Waals surface area (Å²) in [5.74, 6) is 0.784. The molecule has 0 atom stereocenters. The molecule has 0 aliphatic heterocycles. The Balaban J connectivity index is 1.38. The molecule has 0 amide bonds. The molecule has 0 unspecified atom stereocenters. The highest BCUT2D eigenvalue weighted by molar-refractivity contribution is 6.02. The van der Waals surface area contributed by atoms with Crippen LogP contribution in [0.2, 0.25) is 0 Å². The van der Waals surface area contributed by atoms with Gasteiger partial charge in [-0.3, -0.25) is 4.99 Å². The maximum absolute atomic E-state index is 4.94. The van der Waals surface area contributed by atoms with Gasteiger partial charge in [0.2, 0.25) is 0 Å². The van der Waals surface area contributed by atoms with E-state index in [2.05, 4.69) is 107 Å². The van der Waals surface area contributed by atoms with Crippen molar-refractivity contribution in [2.24, 2.45) is 4.99 Å². The van der Waals surface area contributed by atoms with Gasteiger partial charge in [0.25, 0.3) is 0 Å². The normalized spacial score (nSPS) is 11.3. The van der Waals surface area contributed by atoms with E-state index in [4.69, 9.17) is 4.98 Å². The summed E-state index contributed by atoms with van der Waals surface area (Å²) in [6, 6.07) is 35.7. The van der Waals surface area contributed by atoms with E-state index in [9.17, 15) is 0 Å². The maximum atomic E-state index is 4.94. The van der Waals surface area contributed by atoms with E-state index in [1.165, 1.54) is 11.3 Å². The summed E-state index contributed by atoms with van der Waals surface area (Å²) in [6.45, 7) is 1.71. The highest BCUT2D eigenvalue weighted by Gasteiger charge is 2.13. The second-order valence-electron chi connectivity index (χ2n) is 8.38. The van der Waals surface area contributed by atoms with Crippen molar-refractivity contribution in [3.63, 3.8) is 0 Å². The summed E-state index contributed by atoms with van der Waals surface area (Å²) >= 11 is 0. The summed E-state index contributed by atoms with van der Waals surface area (Å²) in [4.78, 5) is 15.4. The van der Waals surface area contributed by atoms with E-state index in [1.54, 1.807) is 0 Å². The first-order chi connectivity index (χ1) is 16.8. The summed E-state index contributed by atoms with van der Waals surface area (Å²) < 4.78 is 0. The molecule has 4 heteroatoms. The molecule has 0 spiro atoms. The molecule has 1 aromatic heterocycles. The van der Waals surface area contributed by atoms with E-state index in [-0.39, 0.29) is 0 Å². The van der Waals surface area contributed by atoms with Gasteiger partial charge >= 0.3 is 0 Å². The molecular weight excluding hydrogens is 416 g/mol. The smallest absolute Gasteiger partial charge is 0.149 e. The SMILES string of the molecule is CN(CCCN=Cc1nc2c(-c3ccccc3)ccc(-c3ccccc3)c2[nH]1)c1ccccc1. The van der Waals surface area contributed by atoms with Gasteiger partial charge in [-0.05, 0) is 29.7 Å². The molecule has 0 fully saturated rings. The van der Waals surface area contributed by atoms with Crippen LogP contribution in [-0.2, 0) is 0 Å². The average Bonchev–Trinajstić information content (AvgIpc) is 3.33. The third-order valence-corrected chi connectivity index (χ3v) is 6.02. The Morgan fingerprint density at radius 1 is 0.765 bits per heavy atom. The molecule has 168 valence electrons. The minimum absolute atomic E-state index is 0.755. The number of imidazole rings is 1. The third kappa shape index (κ3) is 4.76. The number of fused-ring (bicyclic) bond motifs is 1. The molecule has 0 bridgehead atoms. The number of aliphatic imine (C=N–C) groups is 1. The van der Waals surface area contributed by atoms with Crippen LogP contribution in [0.25, 0.3) is 33.3 Å². The van der Waals surface area contributed by atoms with Crippen LogP contribution in [0, 0.1) is 0 Å². The number of benzene rings is 4. The van der Waals surface area contributed by atoms with Crippen LogP contribution in [-0.4, -0.2) is 36.3 Å². The first-order valence-corrected chi connectivity index (χ1v) is 11.7. The van der Waals surface area contributed by atoms with Gasteiger partial charge in [0.15, 0.2) is 0 Å². The quantitative estimate of drug-likeness (QED) is 0.210. The summed E-state index contributed by atoms with van der Waals surface area (Å²) in [5, 5.41) is 0. The fourth-order valence-corrected chi connectivity index (χ4v) is 4.24. The van der Waals surface area contributed by atoms with Gasteiger partial charge in [-0.1, -0.05) is 91.0 Å². The van der Waals surface area contributed by atoms with Crippen LogP contribution in [0.15, 0.2) is 108 Å². The van der Waals surface area contributed by atoms with Gasteiger partial charge in [0.1, 0.15) is 5.82 Å². The number of hydrogen-bond acceptors (Lipinski definition) is 3. The number of nitrogens with one attached hydrogen (secondary N) is 1. The molecule has 1 heterocycles. The number of aromatic nitrogens is 2. The van der Waals surface area contributed by atoms with Crippen LogP contribution in [0.1, 0.15) is 12.2 Å². The number of hydrogen-bond donors (Lipinski definition) is 1. The van der Waals surface area contributed by atoms with Gasteiger partial charge < -0.3 is 9.88 Å². The largest absolute Gasteiger partial charge is 0.375 e. The second kappa shape index (κ2) is 10.2. The molecule has 0 saturated heterocycles. The Hall–Kier alpha value is -4.18. The van der Waals surface area contributed by atoms with E-state index < -0.39 is 0 Å². The first kappa shape index (κ1) is 21.7. The second-order valence-corrected chi connectivity index (χ2v) is 8.38. The van der Waals surface area contributed by atoms with Gasteiger partial charge in [-0.25, -0.2) is 4.98 Å². The Morgan fingerprint density at radius 3 is 2.03 bits per heavy atom. The van der Waals surface area contributed by atoms with Crippen LogP contribution < -0.4 is 4.90 Å². The zero-order valence-electron chi connectivity index (χ0n) is 19.4. The molecule has 4 nitrogen and oxygen atoms in total. The Kier molecular flexibility index (Phi) is 6.48. The third-order valence-electron chi connectivity index (χ3n) is 6.02. The number of H-pyrrole nitrogens is 1. The van der Waals surface area contributed by atoms with Crippen LogP contribution in [0.4, 0.5) is 5.69 Å². The lowest BCUT2D eigenvalue weighted by atomic mass is 9.98. The fourth-order valence-electron chi connectivity index (χ4n) is 4.24. The lowest BCUT2D eigenvalue weighted by Crippen LogP contribution is -2.18. The van der Waals surface area contributed by atoms with Crippen molar-refractivity contribution in [1.29, 1.82) is 0 Å². The summed E-state index contributed by atoms with van der Waals surface area (Å²) in [5.41, 5.74) is 7.83. The van der Waals surface area contributed by atoms with Crippen molar-refractivity contribution in [1.82, 2.24) is 9.97 Å². The Labute approximate surface area is 200 Å². The van der Waals surface area contributed by atoms with Crippen molar-refractivity contribution in [2.75, 3.05) is 25.0 Å². The van der Waals surface area contributed by atoms with Crippen molar-refractivity contribution in [3.05, 3.63) is 109 Å². The molecule has 5 rings (SSSR count). The first-order valence-electron chi connectivity index (χ1n) is 11.7. The van der Waals surface area contributed by atoms with Gasteiger partial charge in [0, 0.05) is 37.0 Å². The van der Waals surface area contributed by atoms with Crippen molar-refractivity contribution in [2.45, 2.75) is 6.42 Å². The van der Waals surface area contributed by atoms with Gasteiger partial charge in [0.05, 0.1) is 17.2 Å². The van der Waals surface area contributed by atoms with E-state index in [0.717, 1.165) is 53.1 Å². The number of rotatable bonds is 8. The monoisotopic (exact) mass is 444 g/mol. The Morgan fingerprint density at radius 2 is 1.35 bits per heavy atom. The minimum Gasteiger partial charge on any atom is -0.375 e. The van der Waals surface area contributed by atoms with Crippen molar-refractivity contribution < 1.29 is 0 Å². The van der Waals surface area contributed by atoms with Crippen molar-refractivity contribution in [3.8, 4) is 22.3 Å². The number of para-hydroxylation sites is 1. The molecule has 5 aromatic rings. The van der Waals surface area contributed by atoms with Gasteiger partial charge in [-0.2, -0.15) is 0 Å². The van der Waals surface area contributed by atoms with Crippen molar-refractivity contribution >= 4 is 22.9 Å². The zero-order valence-corrected chi connectivity index (χ0v) is 19.4. The summed E-state index contributed by atoms with van der Waals surface area (Å²) in [6.07, 6.45) is 2.85. The maximum Gasteiger partial charge on any atom is 0.149 e. The molecule has 1 N–H and O–H groups in total. The van der Waals surface area contributed by atoms with Crippen LogP contribution in [0.3, 0.4) is 0 Å². The minimum atomic E-state index is 0.755. The van der Waals surface area contributed by atoms with E-state index >= 15 is 0 Å². The lowest BCUT2D eigenvalue weighted by molar-refractivity contribution is 0.798. The fraction of sp³-hybridized carbons (Fsp3) is 0.133. The molecule has 0 aliphatic rings. The lowest BCUT2D eigenvalue weighted by Gasteiger charge is -2.18. The summed E-state index contributed by atoms with van der Waals surface area (Å²) in [7, 11) is 2.12. The topological polar surface area (TPSA) is 44.3 Å². The predicted octanol–water partition coefficient (Wildman–Crippen LogP) is 6.84. The average molecular weight is 445 g/mol. The van der Waals surface area contributed by atoms with Gasteiger partial charge in [-0.15, -0.1) is 0 Å². The molecule has 34 heavy (non-hydrogen) atoms. The van der Waals surface area contributed by atoms with E-state index in [0.29, 0.717) is 0 Å². The van der Waals surface area contributed by atoms with Crippen LogP contribution >= 0.6 is 0 Å². The number of aromatic amines is 1. The molecule has 0 saturated carbocycles. The molecular formula is C30H28N4. The molecule has 4 aromatic carbocycles. The predicted molar refractivity (Wildman–Crippen MR) is 144 cm³/mol. The number of nitrogens with zero attached hydrogens (tertiary/aromatic N) is 3. The zero-order chi connectivity index (χ0) is 23.2. The van der Waals surface area contributed by atoms with Crippen LogP contribution in [0.5, 0.6) is 0 Å². The number of anilines is 1. The highest BCUT2D eigenvalue weighted by Crippen LogP contribution is 2.34. The highest BCUT2D eigenvalue weighted by atomic mass is 15.1. The Bertz CT molecular complexity index is 1300. The molecule has 0 aliphatic carbocycles. The molecule has 0 radical (unpaired) electrons. The van der Waals surface area contributed by atoms with E-state index in [1.807, 2.05) is 24.4 Å².